The second-order valence-corrected chi connectivity index (χ2v) is 6.86. The molecule has 0 fully saturated rings. The summed E-state index contributed by atoms with van der Waals surface area (Å²) < 4.78 is 13.0. The Morgan fingerprint density at radius 2 is 2.15 bits per heavy atom. The highest BCUT2D eigenvalue weighted by molar-refractivity contribution is 6.35. The van der Waals surface area contributed by atoms with Gasteiger partial charge in [-0.3, -0.25) is 9.48 Å². The highest BCUT2D eigenvalue weighted by atomic mass is 35.5. The van der Waals surface area contributed by atoms with E-state index in [-0.39, 0.29) is 18.3 Å². The maximum absolute atomic E-state index is 12.1. The van der Waals surface area contributed by atoms with Gasteiger partial charge >= 0.3 is 0 Å². The van der Waals surface area contributed by atoms with Gasteiger partial charge in [-0.1, -0.05) is 23.2 Å². The van der Waals surface area contributed by atoms with Gasteiger partial charge in [-0.2, -0.15) is 5.10 Å². The number of nitrogens with zero attached hydrogens (tertiary/aromatic N) is 2. The van der Waals surface area contributed by atoms with Crippen LogP contribution in [0.3, 0.4) is 0 Å². The number of rotatable bonds is 8. The van der Waals surface area contributed by atoms with Crippen LogP contribution in [-0.4, -0.2) is 22.2 Å². The van der Waals surface area contributed by atoms with Crippen molar-refractivity contribution in [3.63, 3.8) is 0 Å². The van der Waals surface area contributed by atoms with Gasteiger partial charge in [0.2, 0.25) is 0 Å². The van der Waals surface area contributed by atoms with E-state index in [0.717, 1.165) is 18.5 Å². The molecule has 0 saturated carbocycles. The fourth-order valence-electron chi connectivity index (χ4n) is 2.44. The summed E-state index contributed by atoms with van der Waals surface area (Å²) in [5.74, 6) is 1.00. The normalized spacial score (nSPS) is 10.8. The van der Waals surface area contributed by atoms with Crippen LogP contribution in [0, 0.1) is 6.92 Å². The molecule has 0 aliphatic carbocycles. The minimum absolute atomic E-state index is 0.160. The zero-order chi connectivity index (χ0) is 19.2. The molecule has 0 bridgehead atoms. The zero-order valence-electron chi connectivity index (χ0n) is 14.7. The topological polar surface area (TPSA) is 69.3 Å². The lowest BCUT2D eigenvalue weighted by atomic mass is 10.3. The molecule has 6 nitrogen and oxygen atoms in total. The predicted octanol–water partition coefficient (Wildman–Crippen LogP) is 4.49. The van der Waals surface area contributed by atoms with Crippen LogP contribution in [0.4, 0.5) is 0 Å². The van der Waals surface area contributed by atoms with E-state index >= 15 is 0 Å². The van der Waals surface area contributed by atoms with Gasteiger partial charge < -0.3 is 14.5 Å². The number of amides is 1. The third-order valence-corrected chi connectivity index (χ3v) is 4.29. The first-order valence-electron chi connectivity index (χ1n) is 8.45. The average Bonchev–Trinajstić information content (AvgIpc) is 3.27. The molecule has 3 rings (SSSR count). The molecule has 8 heteroatoms. The second-order valence-electron chi connectivity index (χ2n) is 6.02. The number of ether oxygens (including phenoxy) is 1. The van der Waals surface area contributed by atoms with Gasteiger partial charge in [0, 0.05) is 24.3 Å². The summed E-state index contributed by atoms with van der Waals surface area (Å²) in [7, 11) is 0. The van der Waals surface area contributed by atoms with Crippen LogP contribution in [0.1, 0.15) is 28.3 Å². The van der Waals surface area contributed by atoms with Gasteiger partial charge in [0.05, 0.1) is 11.2 Å². The lowest BCUT2D eigenvalue weighted by Gasteiger charge is -2.06. The van der Waals surface area contributed by atoms with Crippen molar-refractivity contribution in [3.8, 4) is 5.75 Å². The van der Waals surface area contributed by atoms with E-state index in [2.05, 4.69) is 10.4 Å². The lowest BCUT2D eigenvalue weighted by molar-refractivity contribution is 0.0921. The molecule has 2 heterocycles. The van der Waals surface area contributed by atoms with Crippen LogP contribution >= 0.6 is 23.2 Å². The molecule has 0 spiro atoms. The van der Waals surface area contributed by atoms with Crippen molar-refractivity contribution in [2.75, 3.05) is 6.54 Å². The van der Waals surface area contributed by atoms with Gasteiger partial charge in [-0.05, 0) is 49.2 Å². The first-order chi connectivity index (χ1) is 13.0. The Morgan fingerprint density at radius 3 is 2.89 bits per heavy atom. The molecule has 3 aromatic rings. The number of carbonyl (C=O) groups is 1. The van der Waals surface area contributed by atoms with Gasteiger partial charge in [-0.25, -0.2) is 0 Å². The summed E-state index contributed by atoms with van der Waals surface area (Å²) in [5, 5.41) is 7.98. The quantitative estimate of drug-likeness (QED) is 0.558. The molecule has 1 N–H and O–H groups in total. The monoisotopic (exact) mass is 407 g/mol. The third kappa shape index (κ3) is 5.52. The number of aryl methyl sites for hydroxylation is 2. The Hall–Kier alpha value is -2.44. The van der Waals surface area contributed by atoms with Gasteiger partial charge in [-0.15, -0.1) is 0 Å². The third-order valence-electron chi connectivity index (χ3n) is 3.76. The predicted molar refractivity (Wildman–Crippen MR) is 103 cm³/mol. The second kappa shape index (κ2) is 8.97. The first kappa shape index (κ1) is 19.3. The highest BCUT2D eigenvalue weighted by Gasteiger charge is 2.12. The molecule has 1 amide bonds. The van der Waals surface area contributed by atoms with Crippen LogP contribution in [-0.2, 0) is 13.2 Å². The summed E-state index contributed by atoms with van der Waals surface area (Å²) in [6.45, 7) is 3.43. The van der Waals surface area contributed by atoms with Gasteiger partial charge in [0.1, 0.15) is 18.1 Å². The summed E-state index contributed by atoms with van der Waals surface area (Å²) in [5.41, 5.74) is 1.12. The Morgan fingerprint density at radius 1 is 1.30 bits per heavy atom. The van der Waals surface area contributed by atoms with E-state index in [1.807, 2.05) is 24.0 Å². The van der Waals surface area contributed by atoms with Crippen molar-refractivity contribution in [2.45, 2.75) is 26.5 Å². The number of halogens is 2. The standard InChI is InChI=1S/C19H19Cl2N3O3/c1-13-10-23-24(11-13)8-2-7-22-19(25)18-6-4-15(27-18)12-26-17-5-3-14(20)9-16(17)21/h3-6,9-11H,2,7-8,12H2,1H3,(H,22,25). The number of carbonyl (C=O) groups excluding carboxylic acids is 1. The molecule has 142 valence electrons. The van der Waals surface area contributed by atoms with E-state index in [1.54, 1.807) is 30.3 Å². The van der Waals surface area contributed by atoms with Crippen molar-refractivity contribution >= 4 is 29.1 Å². The number of benzene rings is 1. The van der Waals surface area contributed by atoms with Crippen LogP contribution in [0.15, 0.2) is 47.1 Å². The number of hydrogen-bond acceptors (Lipinski definition) is 4. The van der Waals surface area contributed by atoms with Gasteiger partial charge in [0.25, 0.3) is 5.91 Å². The van der Waals surface area contributed by atoms with Crippen LogP contribution < -0.4 is 10.1 Å². The van der Waals surface area contributed by atoms with Gasteiger partial charge in [0.15, 0.2) is 5.76 Å². The Kier molecular flexibility index (Phi) is 6.42. The van der Waals surface area contributed by atoms with Crippen molar-refractivity contribution in [3.05, 3.63) is 69.9 Å². The summed E-state index contributed by atoms with van der Waals surface area (Å²) >= 11 is 11.9. The Labute approximate surface area is 167 Å². The summed E-state index contributed by atoms with van der Waals surface area (Å²) in [6.07, 6.45) is 4.55. The van der Waals surface area contributed by atoms with E-state index in [9.17, 15) is 4.79 Å². The molecule has 0 aliphatic rings. The minimum atomic E-state index is -0.262. The lowest BCUT2D eigenvalue weighted by Crippen LogP contribution is -2.24. The van der Waals surface area contributed by atoms with Crippen molar-refractivity contribution < 1.29 is 13.9 Å². The van der Waals surface area contributed by atoms with Crippen LogP contribution in [0.2, 0.25) is 10.0 Å². The summed E-state index contributed by atoms with van der Waals surface area (Å²) in [4.78, 5) is 12.1. The van der Waals surface area contributed by atoms with Crippen molar-refractivity contribution in [2.24, 2.45) is 0 Å². The number of hydrogen-bond donors (Lipinski definition) is 1. The molecular formula is C19H19Cl2N3O3. The molecule has 0 aliphatic heterocycles. The largest absolute Gasteiger partial charge is 0.484 e. The molecule has 0 saturated heterocycles. The smallest absolute Gasteiger partial charge is 0.286 e. The van der Waals surface area contributed by atoms with Crippen LogP contribution in [0.5, 0.6) is 5.75 Å². The van der Waals surface area contributed by atoms with E-state index in [1.165, 1.54) is 0 Å². The molecule has 27 heavy (non-hydrogen) atoms. The Balaban J connectivity index is 1.44. The fourth-order valence-corrected chi connectivity index (χ4v) is 2.90. The molecule has 0 radical (unpaired) electrons. The molecule has 0 unspecified atom stereocenters. The molecule has 1 aromatic carbocycles. The summed E-state index contributed by atoms with van der Waals surface area (Å²) in [6, 6.07) is 8.29. The number of nitrogens with one attached hydrogen (secondary N) is 1. The van der Waals surface area contributed by atoms with E-state index in [0.29, 0.717) is 28.1 Å². The molecular weight excluding hydrogens is 389 g/mol. The number of aromatic nitrogens is 2. The van der Waals surface area contributed by atoms with E-state index < -0.39 is 0 Å². The molecule has 0 atom stereocenters. The Bertz CT molecular complexity index is 921. The molecule has 2 aromatic heterocycles. The number of furan rings is 1. The van der Waals surface area contributed by atoms with Crippen LogP contribution in [0.25, 0.3) is 0 Å². The fraction of sp³-hybridized carbons (Fsp3) is 0.263. The van der Waals surface area contributed by atoms with Crippen molar-refractivity contribution in [1.82, 2.24) is 15.1 Å². The van der Waals surface area contributed by atoms with E-state index in [4.69, 9.17) is 32.4 Å². The SMILES string of the molecule is Cc1cnn(CCCNC(=O)c2ccc(COc3ccc(Cl)cc3Cl)o2)c1. The zero-order valence-corrected chi connectivity index (χ0v) is 16.3. The van der Waals surface area contributed by atoms with Crippen molar-refractivity contribution in [1.29, 1.82) is 0 Å². The first-order valence-corrected chi connectivity index (χ1v) is 9.20. The highest BCUT2D eigenvalue weighted by Crippen LogP contribution is 2.28. The maximum Gasteiger partial charge on any atom is 0.286 e. The minimum Gasteiger partial charge on any atom is -0.484 e. The average molecular weight is 408 g/mol. The maximum atomic E-state index is 12.1.